The van der Waals surface area contributed by atoms with Gasteiger partial charge in [-0.1, -0.05) is 15.9 Å². The lowest BCUT2D eigenvalue weighted by Crippen LogP contribution is -2.33. The molecule has 2 aliphatic rings. The van der Waals surface area contributed by atoms with Crippen LogP contribution in [0.1, 0.15) is 24.8 Å². The SMILES string of the molecule is N#Cc1cc(Br)ccc1N1C2CCC1C(C(=O)O)C2. The van der Waals surface area contributed by atoms with Gasteiger partial charge in [0.05, 0.1) is 17.2 Å². The maximum Gasteiger partial charge on any atom is 0.308 e. The van der Waals surface area contributed by atoms with Gasteiger partial charge in [0.25, 0.3) is 0 Å². The molecule has 2 aliphatic heterocycles. The first-order chi connectivity index (χ1) is 9.11. The molecule has 2 saturated heterocycles. The molecule has 98 valence electrons. The van der Waals surface area contributed by atoms with Crippen molar-refractivity contribution in [2.45, 2.75) is 31.3 Å². The van der Waals surface area contributed by atoms with Crippen LogP contribution in [0.25, 0.3) is 0 Å². The standard InChI is InChI=1S/C14H13BrN2O2/c15-9-1-3-12(8(5-9)7-16)17-10-2-4-13(17)11(6-10)14(18)19/h1,3,5,10-11,13H,2,4,6H2,(H,18,19). The molecule has 2 bridgehead atoms. The van der Waals surface area contributed by atoms with E-state index in [0.29, 0.717) is 12.0 Å². The number of carbonyl (C=O) groups is 1. The third-order valence-electron chi connectivity index (χ3n) is 4.21. The summed E-state index contributed by atoms with van der Waals surface area (Å²) in [5.41, 5.74) is 1.49. The summed E-state index contributed by atoms with van der Waals surface area (Å²) in [6.07, 6.45) is 2.62. The number of fused-ring (bicyclic) bond motifs is 2. The average molecular weight is 321 g/mol. The number of hydrogen-bond acceptors (Lipinski definition) is 3. The van der Waals surface area contributed by atoms with Gasteiger partial charge in [0.1, 0.15) is 6.07 Å². The summed E-state index contributed by atoms with van der Waals surface area (Å²) in [6.45, 7) is 0. The Bertz CT molecular complexity index is 581. The Kier molecular flexibility index (Phi) is 2.98. The summed E-state index contributed by atoms with van der Waals surface area (Å²) in [5, 5.41) is 18.5. The molecule has 2 heterocycles. The molecule has 3 unspecified atom stereocenters. The molecule has 0 aromatic heterocycles. The van der Waals surface area contributed by atoms with Gasteiger partial charge >= 0.3 is 5.97 Å². The van der Waals surface area contributed by atoms with Crippen LogP contribution in [0.2, 0.25) is 0 Å². The maximum atomic E-state index is 11.3. The van der Waals surface area contributed by atoms with Crippen molar-refractivity contribution in [2.24, 2.45) is 5.92 Å². The fourth-order valence-electron chi connectivity index (χ4n) is 3.45. The highest BCUT2D eigenvalue weighted by Crippen LogP contribution is 2.45. The Morgan fingerprint density at radius 1 is 1.47 bits per heavy atom. The Balaban J connectivity index is 2.00. The number of hydrogen-bond donors (Lipinski definition) is 1. The number of nitriles is 1. The van der Waals surface area contributed by atoms with E-state index in [0.717, 1.165) is 23.0 Å². The average Bonchev–Trinajstić information content (AvgIpc) is 2.96. The molecule has 5 heteroatoms. The highest BCUT2D eigenvalue weighted by atomic mass is 79.9. The lowest BCUT2D eigenvalue weighted by Gasteiger charge is -2.26. The number of rotatable bonds is 2. The van der Waals surface area contributed by atoms with Crippen LogP contribution in [0.4, 0.5) is 5.69 Å². The topological polar surface area (TPSA) is 64.3 Å². The van der Waals surface area contributed by atoms with Crippen molar-refractivity contribution in [1.29, 1.82) is 5.26 Å². The summed E-state index contributed by atoms with van der Waals surface area (Å²) in [5.74, 6) is -1.01. The van der Waals surface area contributed by atoms with Gasteiger partial charge in [-0.05, 0) is 37.5 Å². The van der Waals surface area contributed by atoms with E-state index in [-0.39, 0.29) is 18.0 Å². The van der Waals surface area contributed by atoms with Crippen molar-refractivity contribution in [3.63, 3.8) is 0 Å². The van der Waals surface area contributed by atoms with E-state index < -0.39 is 5.97 Å². The first-order valence-corrected chi connectivity index (χ1v) is 7.12. The first kappa shape index (κ1) is 12.5. The van der Waals surface area contributed by atoms with Crippen LogP contribution in [-0.4, -0.2) is 23.2 Å². The zero-order valence-corrected chi connectivity index (χ0v) is 11.8. The van der Waals surface area contributed by atoms with Crippen molar-refractivity contribution in [3.8, 4) is 6.07 Å². The first-order valence-electron chi connectivity index (χ1n) is 6.32. The van der Waals surface area contributed by atoms with E-state index in [2.05, 4.69) is 26.9 Å². The Hall–Kier alpha value is -1.54. The zero-order chi connectivity index (χ0) is 13.6. The summed E-state index contributed by atoms with van der Waals surface area (Å²) < 4.78 is 0.870. The van der Waals surface area contributed by atoms with Crippen LogP contribution < -0.4 is 4.90 Å². The monoisotopic (exact) mass is 320 g/mol. The molecule has 0 amide bonds. The maximum absolute atomic E-state index is 11.3. The van der Waals surface area contributed by atoms with Crippen molar-refractivity contribution >= 4 is 27.6 Å². The highest BCUT2D eigenvalue weighted by molar-refractivity contribution is 9.10. The van der Waals surface area contributed by atoms with Gasteiger partial charge in [0.15, 0.2) is 0 Å². The molecule has 1 aromatic rings. The molecule has 0 spiro atoms. The molecular formula is C14H13BrN2O2. The van der Waals surface area contributed by atoms with Crippen LogP contribution in [0.15, 0.2) is 22.7 Å². The molecule has 3 rings (SSSR count). The van der Waals surface area contributed by atoms with E-state index in [1.54, 1.807) is 6.07 Å². The number of aliphatic carboxylic acids is 1. The minimum Gasteiger partial charge on any atom is -0.481 e. The Morgan fingerprint density at radius 2 is 2.26 bits per heavy atom. The van der Waals surface area contributed by atoms with Crippen molar-refractivity contribution in [2.75, 3.05) is 4.90 Å². The van der Waals surface area contributed by atoms with E-state index in [1.165, 1.54) is 0 Å². The molecule has 0 aliphatic carbocycles. The molecule has 4 nitrogen and oxygen atoms in total. The number of benzene rings is 1. The third kappa shape index (κ3) is 1.91. The minimum atomic E-state index is -0.715. The number of carboxylic acids is 1. The number of anilines is 1. The second kappa shape index (κ2) is 4.53. The normalized spacial score (nSPS) is 28.4. The molecular weight excluding hydrogens is 308 g/mol. The van der Waals surface area contributed by atoms with Crippen LogP contribution >= 0.6 is 15.9 Å². The fourth-order valence-corrected chi connectivity index (χ4v) is 3.81. The Morgan fingerprint density at radius 3 is 2.89 bits per heavy atom. The van der Waals surface area contributed by atoms with Gasteiger partial charge in [-0.3, -0.25) is 4.79 Å². The van der Waals surface area contributed by atoms with Crippen LogP contribution in [0.5, 0.6) is 0 Å². The third-order valence-corrected chi connectivity index (χ3v) is 4.70. The molecule has 3 atom stereocenters. The van der Waals surface area contributed by atoms with Crippen molar-refractivity contribution < 1.29 is 9.90 Å². The Labute approximate surface area is 119 Å². The second-order valence-corrected chi connectivity index (χ2v) is 6.08. The minimum absolute atomic E-state index is 0.0378. The predicted octanol–water partition coefficient (Wildman–Crippen LogP) is 2.76. The molecule has 1 aromatic carbocycles. The summed E-state index contributed by atoms with van der Waals surface area (Å²) in [7, 11) is 0. The number of halogens is 1. The van der Waals surface area contributed by atoms with E-state index in [1.807, 2.05) is 12.1 Å². The molecule has 1 N–H and O–H groups in total. The summed E-state index contributed by atoms with van der Waals surface area (Å²) in [4.78, 5) is 13.4. The van der Waals surface area contributed by atoms with Gasteiger partial charge in [0.2, 0.25) is 0 Å². The largest absolute Gasteiger partial charge is 0.481 e. The van der Waals surface area contributed by atoms with Gasteiger partial charge in [-0.25, -0.2) is 0 Å². The smallest absolute Gasteiger partial charge is 0.308 e. The van der Waals surface area contributed by atoms with E-state index in [4.69, 9.17) is 0 Å². The summed E-state index contributed by atoms with van der Waals surface area (Å²) in [6, 6.07) is 8.12. The second-order valence-electron chi connectivity index (χ2n) is 5.16. The van der Waals surface area contributed by atoms with Crippen molar-refractivity contribution in [3.05, 3.63) is 28.2 Å². The molecule has 2 fully saturated rings. The van der Waals surface area contributed by atoms with Crippen LogP contribution in [0, 0.1) is 17.2 Å². The van der Waals surface area contributed by atoms with Crippen LogP contribution in [-0.2, 0) is 4.79 Å². The number of carboxylic acid groups (broad SMARTS) is 1. The molecule has 0 radical (unpaired) electrons. The van der Waals surface area contributed by atoms with Crippen LogP contribution in [0.3, 0.4) is 0 Å². The highest BCUT2D eigenvalue weighted by Gasteiger charge is 2.49. The summed E-state index contributed by atoms with van der Waals surface area (Å²) >= 11 is 3.36. The van der Waals surface area contributed by atoms with Gasteiger partial charge in [-0.15, -0.1) is 0 Å². The zero-order valence-electron chi connectivity index (χ0n) is 10.2. The van der Waals surface area contributed by atoms with E-state index >= 15 is 0 Å². The number of nitrogens with zero attached hydrogens (tertiary/aromatic N) is 2. The predicted molar refractivity (Wildman–Crippen MR) is 73.9 cm³/mol. The molecule has 0 saturated carbocycles. The van der Waals surface area contributed by atoms with E-state index in [9.17, 15) is 15.2 Å². The molecule has 19 heavy (non-hydrogen) atoms. The van der Waals surface area contributed by atoms with Gasteiger partial charge in [0, 0.05) is 16.6 Å². The van der Waals surface area contributed by atoms with Gasteiger partial charge < -0.3 is 10.0 Å². The lowest BCUT2D eigenvalue weighted by atomic mass is 9.89. The lowest BCUT2D eigenvalue weighted by molar-refractivity contribution is -0.142. The van der Waals surface area contributed by atoms with Crippen molar-refractivity contribution in [1.82, 2.24) is 0 Å². The fraction of sp³-hybridized carbons (Fsp3) is 0.429. The van der Waals surface area contributed by atoms with Gasteiger partial charge in [-0.2, -0.15) is 5.26 Å². The quantitative estimate of drug-likeness (QED) is 0.910.